The fraction of sp³-hybridized carbons (Fsp3) is 0.233. The lowest BCUT2D eigenvalue weighted by molar-refractivity contribution is -0.118. The first-order chi connectivity index (χ1) is 18.7. The van der Waals surface area contributed by atoms with Crippen molar-refractivity contribution >= 4 is 46.2 Å². The number of pyridine rings is 1. The van der Waals surface area contributed by atoms with Gasteiger partial charge in [0.15, 0.2) is 5.11 Å². The van der Waals surface area contributed by atoms with Gasteiger partial charge in [0.05, 0.1) is 34.2 Å². The minimum atomic E-state index is -0.259. The molecule has 3 heterocycles. The zero-order valence-electron chi connectivity index (χ0n) is 22.1. The van der Waals surface area contributed by atoms with E-state index in [1.807, 2.05) is 81.1 Å². The van der Waals surface area contributed by atoms with Crippen molar-refractivity contribution in [2.45, 2.75) is 39.8 Å². The third kappa shape index (κ3) is 4.97. The van der Waals surface area contributed by atoms with E-state index in [1.54, 1.807) is 18.3 Å². The minimum absolute atomic E-state index is 0.104. The van der Waals surface area contributed by atoms with Gasteiger partial charge in [0.25, 0.3) is 0 Å². The Morgan fingerprint density at radius 2 is 1.85 bits per heavy atom. The zero-order chi connectivity index (χ0) is 27.8. The van der Waals surface area contributed by atoms with Crippen LogP contribution >= 0.6 is 23.8 Å². The molecule has 1 amide bonds. The minimum Gasteiger partial charge on any atom is -0.506 e. The number of nitrogens with one attached hydrogen (secondary N) is 2. The van der Waals surface area contributed by atoms with Gasteiger partial charge in [0.2, 0.25) is 5.91 Å². The maximum Gasteiger partial charge on any atom is 0.226 e. The number of carbonyl (C=O) groups is 1. The Labute approximate surface area is 238 Å². The second kappa shape index (κ2) is 10.7. The summed E-state index contributed by atoms with van der Waals surface area (Å²) in [7, 11) is 0. The van der Waals surface area contributed by atoms with E-state index in [2.05, 4.69) is 26.3 Å². The van der Waals surface area contributed by atoms with E-state index >= 15 is 0 Å². The second-order valence-corrected chi connectivity index (χ2v) is 10.7. The number of anilines is 2. The highest BCUT2D eigenvalue weighted by atomic mass is 35.5. The number of rotatable bonds is 6. The van der Waals surface area contributed by atoms with Crippen LogP contribution in [0.2, 0.25) is 5.02 Å². The molecular weight excluding hydrogens is 530 g/mol. The lowest BCUT2D eigenvalue weighted by Gasteiger charge is -2.28. The molecule has 2 atom stereocenters. The topological polar surface area (TPSA) is 82.4 Å². The molecule has 0 radical (unpaired) electrons. The molecule has 0 aliphatic carbocycles. The smallest absolute Gasteiger partial charge is 0.226 e. The average molecular weight is 560 g/mol. The molecule has 1 saturated heterocycles. The van der Waals surface area contributed by atoms with Crippen LogP contribution in [0, 0.1) is 19.8 Å². The molecule has 39 heavy (non-hydrogen) atoms. The molecule has 0 bridgehead atoms. The molecule has 1 aliphatic rings. The van der Waals surface area contributed by atoms with Gasteiger partial charge in [-0.15, -0.1) is 0 Å². The van der Waals surface area contributed by atoms with Gasteiger partial charge >= 0.3 is 0 Å². The Morgan fingerprint density at radius 1 is 1.10 bits per heavy atom. The second-order valence-electron chi connectivity index (χ2n) is 9.96. The Kier molecular flexibility index (Phi) is 7.34. The Bertz CT molecular complexity index is 1550. The molecule has 9 heteroatoms. The molecule has 0 spiro atoms. The molecule has 3 N–H and O–H groups in total. The van der Waals surface area contributed by atoms with Crippen molar-refractivity contribution in [1.29, 1.82) is 0 Å². The predicted molar refractivity (Wildman–Crippen MR) is 160 cm³/mol. The third-order valence-corrected chi connectivity index (χ3v) is 7.65. The van der Waals surface area contributed by atoms with Gasteiger partial charge in [-0.2, -0.15) is 0 Å². The molecule has 1 fully saturated rings. The third-order valence-electron chi connectivity index (χ3n) is 7.02. The lowest BCUT2D eigenvalue weighted by atomic mass is 9.96. The van der Waals surface area contributed by atoms with Crippen molar-refractivity contribution in [2.75, 3.05) is 10.2 Å². The van der Waals surface area contributed by atoms with Crippen LogP contribution in [0.1, 0.15) is 48.6 Å². The van der Waals surface area contributed by atoms with Gasteiger partial charge in [-0.1, -0.05) is 43.6 Å². The molecule has 0 saturated carbocycles. The number of hydrogen-bond donors (Lipinski definition) is 3. The van der Waals surface area contributed by atoms with E-state index in [0.717, 1.165) is 28.3 Å². The van der Waals surface area contributed by atoms with Gasteiger partial charge in [-0.05, 0) is 80.2 Å². The quantitative estimate of drug-likeness (QED) is 0.230. The summed E-state index contributed by atoms with van der Waals surface area (Å²) < 4.78 is 2.05. The number of nitrogens with zero attached hydrogens (tertiary/aromatic N) is 3. The number of amides is 1. The monoisotopic (exact) mass is 559 g/mol. The van der Waals surface area contributed by atoms with E-state index in [4.69, 9.17) is 23.8 Å². The zero-order valence-corrected chi connectivity index (χ0v) is 23.7. The van der Waals surface area contributed by atoms with Crippen LogP contribution in [0.3, 0.4) is 0 Å². The number of carbonyl (C=O) groups excluding carboxylic acids is 1. The molecule has 200 valence electrons. The summed E-state index contributed by atoms with van der Waals surface area (Å²) >= 11 is 12.5. The van der Waals surface area contributed by atoms with Crippen LogP contribution in [0.15, 0.2) is 72.9 Å². The van der Waals surface area contributed by atoms with Gasteiger partial charge < -0.3 is 25.2 Å². The number of halogens is 1. The number of hydrogen-bond acceptors (Lipinski definition) is 4. The summed E-state index contributed by atoms with van der Waals surface area (Å²) in [6, 6.07) is 20.3. The largest absolute Gasteiger partial charge is 0.506 e. The molecular formula is C30H30ClN5O2S. The fourth-order valence-corrected chi connectivity index (χ4v) is 5.66. The maximum absolute atomic E-state index is 12.3. The molecule has 7 nitrogen and oxygen atoms in total. The van der Waals surface area contributed by atoms with E-state index < -0.39 is 0 Å². The highest BCUT2D eigenvalue weighted by Crippen LogP contribution is 2.45. The van der Waals surface area contributed by atoms with Gasteiger partial charge in [0, 0.05) is 29.2 Å². The van der Waals surface area contributed by atoms with Crippen LogP contribution in [0.4, 0.5) is 11.4 Å². The Morgan fingerprint density at radius 3 is 2.51 bits per heavy atom. The first-order valence-electron chi connectivity index (χ1n) is 12.8. The van der Waals surface area contributed by atoms with Crippen molar-refractivity contribution in [2.24, 2.45) is 5.92 Å². The van der Waals surface area contributed by atoms with Crippen molar-refractivity contribution < 1.29 is 9.90 Å². The number of thiocarbonyl (C=S) groups is 1. The number of benzene rings is 2. The van der Waals surface area contributed by atoms with Crippen LogP contribution in [-0.2, 0) is 4.79 Å². The van der Waals surface area contributed by atoms with Crippen molar-refractivity contribution in [1.82, 2.24) is 14.9 Å². The Balaban J connectivity index is 1.63. The van der Waals surface area contributed by atoms with Crippen LogP contribution in [0.25, 0.3) is 5.69 Å². The number of aryl methyl sites for hydroxylation is 1. The SMILES string of the molecule is Cc1cc([C@H]2[C@H](c3ccccn3)NC(=S)N2c2ccc(NC(=O)C(C)C)c(Cl)c2)c(C)n1-c1ccccc1O. The standard InChI is InChI=1S/C30H30ClN5O2S/c1-17(2)29(38)33-23-13-12-20(16-22(23)31)36-28(27(34-30(36)39)24-9-7-8-14-32-24)21-15-18(3)35(19(21)4)25-10-5-6-11-26(25)37/h5-17,27-28,37H,1-4H3,(H,33,38)(H,34,39)/t27-,28-/m0/s1. The lowest BCUT2D eigenvalue weighted by Crippen LogP contribution is -2.29. The number of aromatic hydroxyl groups is 1. The predicted octanol–water partition coefficient (Wildman–Crippen LogP) is 6.62. The van der Waals surface area contributed by atoms with Crippen molar-refractivity contribution in [3.63, 3.8) is 0 Å². The average Bonchev–Trinajstić information content (AvgIpc) is 3.41. The van der Waals surface area contributed by atoms with Gasteiger partial charge in [0.1, 0.15) is 5.75 Å². The first-order valence-corrected chi connectivity index (χ1v) is 13.5. The summed E-state index contributed by atoms with van der Waals surface area (Å²) in [5.41, 5.74) is 5.89. The molecule has 1 aliphatic heterocycles. The maximum atomic E-state index is 12.3. The first kappa shape index (κ1) is 26.7. The molecule has 2 aromatic carbocycles. The highest BCUT2D eigenvalue weighted by molar-refractivity contribution is 7.80. The van der Waals surface area contributed by atoms with Crippen LogP contribution < -0.4 is 15.5 Å². The highest BCUT2D eigenvalue weighted by Gasteiger charge is 2.42. The summed E-state index contributed by atoms with van der Waals surface area (Å²) in [4.78, 5) is 19.0. The van der Waals surface area contributed by atoms with E-state index in [0.29, 0.717) is 21.5 Å². The Hall–Kier alpha value is -3.88. The number of phenolic OH excluding ortho intramolecular Hbond substituents is 1. The number of aromatic nitrogens is 2. The van der Waals surface area contributed by atoms with Crippen molar-refractivity contribution in [3.8, 4) is 11.4 Å². The summed E-state index contributed by atoms with van der Waals surface area (Å²) in [6.07, 6.45) is 1.77. The molecule has 4 aromatic rings. The normalized spacial score (nSPS) is 17.0. The fourth-order valence-electron chi connectivity index (χ4n) is 5.09. The van der Waals surface area contributed by atoms with Crippen LogP contribution in [0.5, 0.6) is 5.75 Å². The number of phenols is 1. The van der Waals surface area contributed by atoms with E-state index in [9.17, 15) is 9.90 Å². The molecule has 0 unspecified atom stereocenters. The van der Waals surface area contributed by atoms with Crippen LogP contribution in [-0.4, -0.2) is 25.7 Å². The van der Waals surface area contributed by atoms with Gasteiger partial charge in [-0.25, -0.2) is 0 Å². The molecule has 5 rings (SSSR count). The van der Waals surface area contributed by atoms with Gasteiger partial charge in [-0.3, -0.25) is 9.78 Å². The van der Waals surface area contributed by atoms with E-state index in [1.165, 1.54) is 0 Å². The summed E-state index contributed by atoms with van der Waals surface area (Å²) in [5.74, 6) is -0.0681. The molecule has 2 aromatic heterocycles. The summed E-state index contributed by atoms with van der Waals surface area (Å²) in [6.45, 7) is 7.73. The number of para-hydroxylation sites is 2. The summed E-state index contributed by atoms with van der Waals surface area (Å²) in [5, 5.41) is 17.9. The van der Waals surface area contributed by atoms with Crippen molar-refractivity contribution in [3.05, 3.63) is 101 Å². The van der Waals surface area contributed by atoms with E-state index in [-0.39, 0.29) is 29.7 Å².